The Kier molecular flexibility index (Phi) is 4.69. The van der Waals surface area contributed by atoms with Crippen LogP contribution in [0.4, 0.5) is 10.5 Å². The molecular weight excluding hydrogens is 449 g/mol. The number of nitrogens with zero attached hydrogens (tertiary/aromatic N) is 1. The van der Waals surface area contributed by atoms with Gasteiger partial charge in [-0.25, -0.2) is 9.59 Å². The highest BCUT2D eigenvalue weighted by atomic mass is 35.6. The number of amides is 3. The first-order valence-corrected chi connectivity index (χ1v) is 10.5. The average molecular weight is 465 g/mol. The molecule has 0 spiro atoms. The number of nitrogens with one attached hydrogen (secondary N) is 2. The van der Waals surface area contributed by atoms with Crippen molar-refractivity contribution in [2.75, 3.05) is 11.9 Å². The predicted molar refractivity (Wildman–Crippen MR) is 108 cm³/mol. The minimum atomic E-state index is -1.72. The van der Waals surface area contributed by atoms with Crippen molar-refractivity contribution in [1.29, 1.82) is 0 Å². The van der Waals surface area contributed by atoms with Crippen molar-refractivity contribution < 1.29 is 19.1 Å². The third-order valence-electron chi connectivity index (χ3n) is 5.20. The van der Waals surface area contributed by atoms with Crippen LogP contribution in [-0.4, -0.2) is 54.9 Å². The summed E-state index contributed by atoms with van der Waals surface area (Å²) in [6, 6.07) is 7.70. The van der Waals surface area contributed by atoms with Crippen LogP contribution in [0, 0.1) is 0 Å². The lowest BCUT2D eigenvalue weighted by atomic mass is 10.0. The van der Waals surface area contributed by atoms with E-state index in [0.29, 0.717) is 12.1 Å². The number of hydrogen-bond donors (Lipinski definition) is 2. The maximum Gasteiger partial charge on any atom is 0.333 e. The normalized spacial score (nSPS) is 32.7. The predicted octanol–water partition coefficient (Wildman–Crippen LogP) is 2.91. The Morgan fingerprint density at radius 1 is 1.32 bits per heavy atom. The van der Waals surface area contributed by atoms with Crippen LogP contribution in [-0.2, 0) is 14.3 Å². The van der Waals surface area contributed by atoms with Gasteiger partial charge in [0, 0.05) is 12.1 Å². The molecule has 3 fully saturated rings. The Bertz CT molecular complexity index is 852. The molecule has 11 heteroatoms. The zero-order valence-electron chi connectivity index (χ0n) is 14.6. The van der Waals surface area contributed by atoms with E-state index in [2.05, 4.69) is 10.6 Å². The minimum Gasteiger partial charge on any atom is -0.459 e. The van der Waals surface area contributed by atoms with E-state index in [1.54, 1.807) is 24.3 Å². The zero-order chi connectivity index (χ0) is 20.3. The number of hydrogen-bond acceptors (Lipinski definition) is 5. The van der Waals surface area contributed by atoms with Crippen molar-refractivity contribution in [3.05, 3.63) is 30.3 Å². The molecule has 150 valence electrons. The van der Waals surface area contributed by atoms with Crippen molar-refractivity contribution in [1.82, 2.24) is 10.2 Å². The molecule has 3 aliphatic rings. The summed E-state index contributed by atoms with van der Waals surface area (Å²) in [6.45, 7) is 1.49. The van der Waals surface area contributed by atoms with Gasteiger partial charge in [-0.05, 0) is 19.1 Å². The van der Waals surface area contributed by atoms with Crippen molar-refractivity contribution in [2.45, 2.75) is 38.8 Å². The lowest BCUT2D eigenvalue weighted by molar-refractivity contribution is -0.165. The average Bonchev–Trinajstić information content (AvgIpc) is 3.15. The van der Waals surface area contributed by atoms with Gasteiger partial charge in [-0.1, -0.05) is 53.0 Å². The van der Waals surface area contributed by atoms with Crippen molar-refractivity contribution in [3.63, 3.8) is 0 Å². The molecule has 1 aromatic rings. The fraction of sp³-hybridized carbons (Fsp3) is 0.471. The van der Waals surface area contributed by atoms with Crippen molar-refractivity contribution in [3.8, 4) is 0 Å². The number of alkyl halides is 3. The molecule has 0 radical (unpaired) electrons. The summed E-state index contributed by atoms with van der Waals surface area (Å²) < 4.78 is 2.95. The first kappa shape index (κ1) is 19.9. The van der Waals surface area contributed by atoms with E-state index in [9.17, 15) is 14.4 Å². The van der Waals surface area contributed by atoms with Crippen LogP contribution in [0.3, 0.4) is 0 Å². The van der Waals surface area contributed by atoms with E-state index in [4.69, 9.17) is 39.5 Å². The monoisotopic (exact) mass is 463 g/mol. The maximum absolute atomic E-state index is 12.7. The van der Waals surface area contributed by atoms with E-state index < -0.39 is 38.7 Å². The Balaban J connectivity index is 1.41. The largest absolute Gasteiger partial charge is 0.459 e. The number of anilines is 1. The molecule has 1 saturated carbocycles. The van der Waals surface area contributed by atoms with Gasteiger partial charge in [-0.3, -0.25) is 4.79 Å². The molecule has 4 atom stereocenters. The number of halogens is 3. The summed E-state index contributed by atoms with van der Waals surface area (Å²) in [5.41, 5.74) is -0.451. The third-order valence-corrected chi connectivity index (χ3v) is 7.26. The number of esters is 1. The molecular formula is C17H16Cl3N3O4S. The number of β-lactam (4-membered cyclic amide) rings is 1. The summed E-state index contributed by atoms with van der Waals surface area (Å²) in [7, 11) is 0. The van der Waals surface area contributed by atoms with Gasteiger partial charge in [0.1, 0.15) is 18.0 Å². The molecule has 2 aliphatic heterocycles. The van der Waals surface area contributed by atoms with E-state index in [1.807, 2.05) is 13.0 Å². The number of rotatable bonds is 4. The summed E-state index contributed by atoms with van der Waals surface area (Å²) in [4.78, 5) is 39.1. The number of benzene rings is 1. The van der Waals surface area contributed by atoms with Gasteiger partial charge in [0.2, 0.25) is 9.70 Å². The number of urea groups is 1. The molecule has 2 saturated heterocycles. The van der Waals surface area contributed by atoms with Crippen LogP contribution in [0.25, 0.3) is 0 Å². The van der Waals surface area contributed by atoms with Crippen LogP contribution in [0.1, 0.15) is 13.3 Å². The molecule has 2 heterocycles. The standard InChI is InChI=1S/C17H16Cl3N3O4S/c1-15-7-16(15,13(25)27-8-17(18,19)20)23-11(24)10(12(23)28-15)22-14(26)21-9-5-3-2-4-6-9/h2-6,10,12H,7-8H2,1H3,(H2,21,22,26)/t10?,12-,15?,16?/m0/s1. The SMILES string of the molecule is CC12CC1(C(=O)OCC(Cl)(Cl)Cl)N1C(=O)C(NC(=O)Nc3ccccc3)[C@@H]1S2. The molecule has 2 N–H and O–H groups in total. The van der Waals surface area contributed by atoms with E-state index in [-0.39, 0.29) is 11.3 Å². The molecule has 3 unspecified atom stereocenters. The van der Waals surface area contributed by atoms with Crippen molar-refractivity contribution in [2.24, 2.45) is 0 Å². The second kappa shape index (κ2) is 6.58. The highest BCUT2D eigenvalue weighted by Crippen LogP contribution is 2.72. The van der Waals surface area contributed by atoms with Crippen LogP contribution in [0.2, 0.25) is 0 Å². The van der Waals surface area contributed by atoms with Crippen molar-refractivity contribution >= 4 is 70.2 Å². The van der Waals surface area contributed by atoms with Gasteiger partial charge in [-0.15, -0.1) is 11.8 Å². The van der Waals surface area contributed by atoms with Crippen LogP contribution in [0.15, 0.2) is 30.3 Å². The molecule has 1 aliphatic carbocycles. The smallest absolute Gasteiger partial charge is 0.333 e. The molecule has 4 rings (SSSR count). The van der Waals surface area contributed by atoms with Crippen LogP contribution >= 0.6 is 46.6 Å². The van der Waals surface area contributed by atoms with Crippen LogP contribution in [0.5, 0.6) is 0 Å². The number of thioether (sulfide) groups is 1. The zero-order valence-corrected chi connectivity index (χ0v) is 17.7. The second-order valence-corrected chi connectivity index (χ2v) is 11.3. The summed E-state index contributed by atoms with van der Waals surface area (Å²) in [5, 5.41) is 5.02. The summed E-state index contributed by atoms with van der Waals surface area (Å²) in [6.07, 6.45) is 0.467. The number of para-hydroxylation sites is 1. The van der Waals surface area contributed by atoms with Gasteiger partial charge in [0.25, 0.3) is 0 Å². The molecule has 0 bridgehead atoms. The number of ether oxygens (including phenoxy) is 1. The Morgan fingerprint density at radius 3 is 2.64 bits per heavy atom. The topological polar surface area (TPSA) is 87.7 Å². The Morgan fingerprint density at radius 2 is 2.00 bits per heavy atom. The van der Waals surface area contributed by atoms with Gasteiger partial charge in [-0.2, -0.15) is 0 Å². The van der Waals surface area contributed by atoms with E-state index >= 15 is 0 Å². The van der Waals surface area contributed by atoms with E-state index in [1.165, 1.54) is 16.7 Å². The maximum atomic E-state index is 12.7. The molecule has 3 amide bonds. The molecule has 1 aromatic carbocycles. The lowest BCUT2D eigenvalue weighted by Crippen LogP contribution is -2.72. The first-order valence-electron chi connectivity index (χ1n) is 8.45. The fourth-order valence-electron chi connectivity index (χ4n) is 3.80. The first-order chi connectivity index (χ1) is 13.1. The third kappa shape index (κ3) is 3.10. The Hall–Kier alpha value is -1.35. The minimum absolute atomic E-state index is 0.326. The summed E-state index contributed by atoms with van der Waals surface area (Å²) >= 11 is 18.4. The fourth-order valence-corrected chi connectivity index (χ4v) is 5.87. The number of fused-ring (bicyclic) bond motifs is 3. The number of carbonyl (C=O) groups excluding carboxylic acids is 3. The molecule has 0 aromatic heterocycles. The number of carbonyl (C=O) groups is 3. The second-order valence-electron chi connectivity index (χ2n) is 7.12. The van der Waals surface area contributed by atoms with Crippen LogP contribution < -0.4 is 10.6 Å². The van der Waals surface area contributed by atoms with Gasteiger partial charge < -0.3 is 20.3 Å². The lowest BCUT2D eigenvalue weighted by Gasteiger charge is -2.46. The Labute approximate surface area is 180 Å². The van der Waals surface area contributed by atoms with Gasteiger partial charge in [0.05, 0.1) is 4.75 Å². The highest BCUT2D eigenvalue weighted by molar-refractivity contribution is 8.02. The van der Waals surface area contributed by atoms with Gasteiger partial charge >= 0.3 is 12.0 Å². The quantitative estimate of drug-likeness (QED) is 0.406. The summed E-state index contributed by atoms with van der Waals surface area (Å²) in [5.74, 6) is -0.912. The van der Waals surface area contributed by atoms with E-state index in [0.717, 1.165) is 0 Å². The van der Waals surface area contributed by atoms with Gasteiger partial charge in [0.15, 0.2) is 5.54 Å². The highest BCUT2D eigenvalue weighted by Gasteiger charge is 2.85. The molecule has 28 heavy (non-hydrogen) atoms. The molecule has 7 nitrogen and oxygen atoms in total.